The van der Waals surface area contributed by atoms with E-state index < -0.39 is 243 Å². The maximum absolute atomic E-state index is 14.5. The van der Waals surface area contributed by atoms with Crippen LogP contribution in [0, 0.1) is 23.7 Å². The average Bonchev–Trinajstić information content (AvgIpc) is 1.73. The SMILES string of the molecule is CCC(C)(NC(=O)CNC(=O)C(C)(C)NC(=O)C(CC(C)C)NC(=O)C(C)(CC)NC(=O)C(CCC(N)=O)NC(=O)C(C)(C)NC(=O)C(CC(C)C)NC(=O)C(C)NC(=O)CNC(=O)C(C)(C)NC(C)=O)C(=O)NC(C)(C)C(=O)N1CCCC1C(=O)NC(CC(C)C)C(=O)NC(C)(C)C(=O)NC(C)(C)C(=O)NC(CCC(N)=O)C(=O)NC(CO)CC(C)C. The number of nitrogens with two attached hydrogens (primary N) is 2. The monoisotopic (exact) mass is 1750 g/mol. The largest absolute Gasteiger partial charge is 0.394 e. The lowest BCUT2D eigenvalue weighted by Crippen LogP contribution is -2.66. The molecule has 1 rings (SSSR count). The van der Waals surface area contributed by atoms with Gasteiger partial charge < -0.3 is 112 Å². The Morgan fingerprint density at radius 1 is 0.374 bits per heavy atom. The van der Waals surface area contributed by atoms with E-state index in [1.165, 1.54) is 116 Å². The molecule has 0 bridgehead atoms. The molecule has 1 aliphatic rings. The van der Waals surface area contributed by atoms with Gasteiger partial charge >= 0.3 is 0 Å². The molecule has 0 radical (unpaired) electrons. The first-order chi connectivity index (χ1) is 56.2. The minimum atomic E-state index is -1.85. The van der Waals surface area contributed by atoms with Crippen molar-refractivity contribution >= 4 is 118 Å². The Morgan fingerprint density at radius 2 is 0.740 bits per heavy atom. The second kappa shape index (κ2) is 47.3. The molecule has 1 fully saturated rings. The number of aliphatic hydroxyl groups excluding tert-OH is 1. The van der Waals surface area contributed by atoms with E-state index in [4.69, 9.17) is 11.5 Å². The van der Waals surface area contributed by atoms with Crippen LogP contribution in [0.1, 0.15) is 257 Å². The Labute approximate surface area is 722 Å². The van der Waals surface area contributed by atoms with Crippen LogP contribution in [0.15, 0.2) is 0 Å². The Morgan fingerprint density at radius 3 is 1.16 bits per heavy atom. The van der Waals surface area contributed by atoms with Crippen LogP contribution in [0.3, 0.4) is 0 Å². The second-order valence-electron chi connectivity index (χ2n) is 37.1. The van der Waals surface area contributed by atoms with Crippen molar-refractivity contribution in [3.05, 3.63) is 0 Å². The molecule has 10 unspecified atom stereocenters. The minimum absolute atomic E-state index is 0.0159. The van der Waals surface area contributed by atoms with Crippen molar-refractivity contribution in [3.8, 4) is 0 Å². The highest BCUT2D eigenvalue weighted by Crippen LogP contribution is 2.25. The molecule has 698 valence electrons. The molecule has 0 aliphatic carbocycles. The first-order valence-electron chi connectivity index (χ1n) is 41.9. The fourth-order valence-corrected chi connectivity index (χ4v) is 12.7. The van der Waals surface area contributed by atoms with Crippen LogP contribution in [0.2, 0.25) is 0 Å². The summed E-state index contributed by atoms with van der Waals surface area (Å²) in [6, 6.07) is -9.84. The van der Waals surface area contributed by atoms with Gasteiger partial charge in [0.1, 0.15) is 86.6 Å². The van der Waals surface area contributed by atoms with Crippen LogP contribution in [0.5, 0.6) is 0 Å². The van der Waals surface area contributed by atoms with E-state index in [-0.39, 0.29) is 81.6 Å². The number of primary amides is 2. The number of hydrogen-bond acceptors (Lipinski definition) is 21. The van der Waals surface area contributed by atoms with Crippen molar-refractivity contribution < 1.29 is 101 Å². The summed E-state index contributed by atoms with van der Waals surface area (Å²) < 4.78 is 0. The molecule has 1 saturated heterocycles. The van der Waals surface area contributed by atoms with E-state index in [1.54, 1.807) is 55.4 Å². The molecule has 0 aromatic carbocycles. The number of likely N-dealkylation sites (tertiary alicyclic amines) is 1. The summed E-state index contributed by atoms with van der Waals surface area (Å²) in [6.07, 6.45) is -0.510. The molecule has 0 aromatic rings. The predicted octanol–water partition coefficient (Wildman–Crippen LogP) is -2.71. The molecular formula is C82H144N20O21. The van der Waals surface area contributed by atoms with Gasteiger partial charge in [-0.05, 0) is 192 Å². The maximum atomic E-state index is 14.5. The highest BCUT2D eigenvalue weighted by molar-refractivity contribution is 6.04. The molecule has 41 heteroatoms. The summed E-state index contributed by atoms with van der Waals surface area (Å²) in [5.41, 5.74) is -2.98. The van der Waals surface area contributed by atoms with E-state index in [1.807, 2.05) is 13.8 Å². The van der Waals surface area contributed by atoms with E-state index in [0.717, 1.165) is 0 Å². The predicted molar refractivity (Wildman–Crippen MR) is 454 cm³/mol. The fourth-order valence-electron chi connectivity index (χ4n) is 12.7. The Hall–Kier alpha value is -10.6. The van der Waals surface area contributed by atoms with Gasteiger partial charge in [0, 0.05) is 26.3 Å². The zero-order chi connectivity index (χ0) is 95.4. The highest BCUT2D eigenvalue weighted by atomic mass is 16.3. The summed E-state index contributed by atoms with van der Waals surface area (Å²) in [6.45, 7) is 37.4. The summed E-state index contributed by atoms with van der Waals surface area (Å²) in [4.78, 5) is 273. The lowest BCUT2D eigenvalue weighted by molar-refractivity contribution is -0.146. The lowest BCUT2D eigenvalue weighted by atomic mass is 9.94. The third-order valence-electron chi connectivity index (χ3n) is 20.6. The van der Waals surface area contributed by atoms with Gasteiger partial charge in [0.05, 0.1) is 25.7 Å². The summed E-state index contributed by atoms with van der Waals surface area (Å²) in [5, 5.41) is 53.7. The third-order valence-corrected chi connectivity index (χ3v) is 20.6. The normalized spacial score (nSPS) is 15.9. The molecule has 41 nitrogen and oxygen atoms in total. The Balaban J connectivity index is 3.26. The van der Waals surface area contributed by atoms with Gasteiger partial charge in [-0.25, -0.2) is 0 Å². The van der Waals surface area contributed by atoms with Gasteiger partial charge in [0.25, 0.3) is 0 Å². The first kappa shape index (κ1) is 110. The van der Waals surface area contributed by atoms with Crippen LogP contribution in [-0.2, 0) is 95.9 Å². The van der Waals surface area contributed by atoms with Crippen molar-refractivity contribution in [2.75, 3.05) is 26.2 Å². The van der Waals surface area contributed by atoms with Crippen molar-refractivity contribution in [3.63, 3.8) is 0 Å². The second-order valence-corrected chi connectivity index (χ2v) is 37.1. The summed E-state index contributed by atoms with van der Waals surface area (Å²) in [5.74, 6) is -16.7. The van der Waals surface area contributed by atoms with Gasteiger partial charge in [-0.1, -0.05) is 69.2 Å². The van der Waals surface area contributed by atoms with Gasteiger partial charge in [-0.3, -0.25) is 95.9 Å². The zero-order valence-electron chi connectivity index (χ0n) is 77.0. The van der Waals surface area contributed by atoms with Crippen molar-refractivity contribution in [2.24, 2.45) is 35.1 Å². The van der Waals surface area contributed by atoms with Crippen LogP contribution < -0.4 is 102 Å². The molecule has 0 saturated carbocycles. The molecule has 0 aromatic heterocycles. The minimum Gasteiger partial charge on any atom is -0.394 e. The molecule has 20 amide bonds. The molecule has 123 heavy (non-hydrogen) atoms. The molecule has 1 aliphatic heterocycles. The summed E-state index contributed by atoms with van der Waals surface area (Å²) >= 11 is 0. The number of amides is 20. The quantitative estimate of drug-likeness (QED) is 0.0294. The van der Waals surface area contributed by atoms with E-state index in [2.05, 4.69) is 90.4 Å². The maximum Gasteiger partial charge on any atom is 0.248 e. The molecular weight excluding hydrogens is 1600 g/mol. The van der Waals surface area contributed by atoms with Crippen LogP contribution in [0.25, 0.3) is 0 Å². The molecule has 0 spiro atoms. The third kappa shape index (κ3) is 36.4. The van der Waals surface area contributed by atoms with Gasteiger partial charge in [-0.2, -0.15) is 0 Å². The number of carbonyl (C=O) groups excluding carboxylic acids is 20. The Bertz CT molecular complexity index is 3840. The topological polar surface area (TPSA) is 621 Å². The van der Waals surface area contributed by atoms with Crippen molar-refractivity contribution in [2.45, 2.75) is 350 Å². The van der Waals surface area contributed by atoms with Gasteiger partial charge in [0.15, 0.2) is 0 Å². The summed E-state index contributed by atoms with van der Waals surface area (Å²) in [7, 11) is 0. The van der Waals surface area contributed by atoms with Crippen LogP contribution in [-0.4, -0.2) is 247 Å². The van der Waals surface area contributed by atoms with Crippen LogP contribution in [0.4, 0.5) is 0 Å². The number of nitrogens with one attached hydrogen (secondary N) is 17. The molecule has 10 atom stereocenters. The van der Waals surface area contributed by atoms with Crippen molar-refractivity contribution in [1.29, 1.82) is 0 Å². The van der Waals surface area contributed by atoms with E-state index >= 15 is 0 Å². The van der Waals surface area contributed by atoms with E-state index in [0.29, 0.717) is 12.8 Å². The number of carbonyl (C=O) groups is 20. The van der Waals surface area contributed by atoms with Crippen molar-refractivity contribution in [1.82, 2.24) is 95.3 Å². The first-order valence-corrected chi connectivity index (χ1v) is 41.9. The van der Waals surface area contributed by atoms with Gasteiger partial charge in [-0.15, -0.1) is 0 Å². The molecule has 22 N–H and O–H groups in total. The highest BCUT2D eigenvalue weighted by Gasteiger charge is 2.48. The standard InChI is InChI=1S/C82H144N20O21/c1-27-81(25,99-62(111)51(32-34-57(84)106)92-69(118)77(17,18)97-63(112)52(37-44(5)6)89-60(109)47(11)87-58(107)40-85-67(116)75(13,14)94-48(12)104)72(121)93-54(39-46(9)10)65(114)96-76(15,16)68(117)86-41-59(108)95-82(26,28-2)73(122)101-80(23,24)74(123)102-35-29-30-55(102)66(115)90-53(38-45(7)8)64(113)98-79(21,22)71(120)100-78(19,20)70(119)91-50(31-33-56(83)105)61(110)88-49(42-103)36-43(3)4/h43-47,49-55,103H,27-42H2,1-26H3,(H2,83,105)(H2,84,106)(H,85,116)(H,86,117)(H,87,107)(H,88,110)(H,89,109)(H,90,115)(H,91,119)(H,92,118)(H,93,121)(H,94,104)(H,95,108)(H,96,114)(H,97,112)(H,98,113)(H,99,111)(H,100,120)(H,101,122). The number of aliphatic hydroxyl groups is 1. The number of hydrogen-bond donors (Lipinski definition) is 20. The molecule has 1 heterocycles. The average molecular weight is 1750 g/mol. The fraction of sp³-hybridized carbons (Fsp3) is 0.756. The lowest BCUT2D eigenvalue weighted by Gasteiger charge is -2.37. The van der Waals surface area contributed by atoms with Crippen LogP contribution >= 0.6 is 0 Å². The zero-order valence-corrected chi connectivity index (χ0v) is 77.0. The van der Waals surface area contributed by atoms with E-state index in [9.17, 15) is 101 Å². The van der Waals surface area contributed by atoms with Gasteiger partial charge in [0.2, 0.25) is 118 Å². The number of nitrogens with zero attached hydrogens (tertiary/aromatic N) is 1. The Kier molecular flexibility index (Phi) is 42.4. The number of rotatable bonds is 51. The smallest absolute Gasteiger partial charge is 0.248 e.